The summed E-state index contributed by atoms with van der Waals surface area (Å²) in [6, 6.07) is 15.7. The molecule has 2 unspecified atom stereocenters. The van der Waals surface area contributed by atoms with Gasteiger partial charge in [0.25, 0.3) is 0 Å². The largest absolute Gasteiger partial charge is 0.323 e. The van der Waals surface area contributed by atoms with E-state index in [9.17, 15) is 0 Å². The molecule has 1 heterocycles. The molecule has 3 heteroatoms. The Morgan fingerprint density at radius 3 is 2.71 bits per heavy atom. The highest BCUT2D eigenvalue weighted by atomic mass is 15.2. The van der Waals surface area contributed by atoms with E-state index in [0.717, 1.165) is 19.6 Å². The molecule has 112 valence electrons. The molecule has 2 N–H and O–H groups in total. The zero-order chi connectivity index (χ0) is 14.8. The van der Waals surface area contributed by atoms with E-state index in [1.54, 1.807) is 0 Å². The number of rotatable bonds is 4. The number of nitrogens with zero attached hydrogens (tertiary/aromatic N) is 2. The Morgan fingerprint density at radius 2 is 1.95 bits per heavy atom. The average molecular weight is 283 g/mol. The number of hydrogen-bond acceptors (Lipinski definition) is 3. The maximum atomic E-state index is 6.51. The molecule has 0 aromatic heterocycles. The molecule has 0 aliphatic carbocycles. The first-order valence-corrected chi connectivity index (χ1v) is 7.77. The molecule has 2 atom stereocenters. The minimum absolute atomic E-state index is 0.0806. The summed E-state index contributed by atoms with van der Waals surface area (Å²) in [4.78, 5) is 4.82. The topological polar surface area (TPSA) is 32.5 Å². The van der Waals surface area contributed by atoms with Crippen LogP contribution in [0, 0.1) is 0 Å². The van der Waals surface area contributed by atoms with Gasteiger partial charge in [-0.15, -0.1) is 0 Å². The van der Waals surface area contributed by atoms with E-state index in [-0.39, 0.29) is 6.04 Å². The van der Waals surface area contributed by atoms with Gasteiger partial charge < -0.3 is 10.6 Å². The van der Waals surface area contributed by atoms with Crippen LogP contribution in [0.3, 0.4) is 0 Å². The molecule has 0 radical (unpaired) electrons. The Kier molecular flexibility index (Phi) is 4.24. The SMILES string of the molecule is CN(C)C1CCN(CC(N)c2cccc3ccccc23)C1. The maximum absolute atomic E-state index is 6.51. The third kappa shape index (κ3) is 3.10. The molecular weight excluding hydrogens is 258 g/mol. The molecule has 0 spiro atoms. The van der Waals surface area contributed by atoms with Gasteiger partial charge in [0.05, 0.1) is 0 Å². The van der Waals surface area contributed by atoms with Crippen LogP contribution >= 0.6 is 0 Å². The molecular formula is C18H25N3. The van der Waals surface area contributed by atoms with Crippen molar-refractivity contribution >= 4 is 10.8 Å². The van der Waals surface area contributed by atoms with E-state index >= 15 is 0 Å². The number of nitrogens with two attached hydrogens (primary N) is 1. The minimum atomic E-state index is 0.0806. The number of fused-ring (bicyclic) bond motifs is 1. The average Bonchev–Trinajstić information content (AvgIpc) is 2.95. The number of likely N-dealkylation sites (N-methyl/N-ethyl adjacent to an activating group) is 1. The lowest BCUT2D eigenvalue weighted by Gasteiger charge is -2.23. The van der Waals surface area contributed by atoms with E-state index in [1.165, 1.54) is 22.8 Å². The van der Waals surface area contributed by atoms with E-state index < -0.39 is 0 Å². The van der Waals surface area contributed by atoms with Crippen LogP contribution in [0.15, 0.2) is 42.5 Å². The zero-order valence-electron chi connectivity index (χ0n) is 13.0. The Balaban J connectivity index is 1.74. The Hall–Kier alpha value is -1.42. The summed E-state index contributed by atoms with van der Waals surface area (Å²) < 4.78 is 0. The molecule has 1 aliphatic heterocycles. The zero-order valence-corrected chi connectivity index (χ0v) is 13.0. The lowest BCUT2D eigenvalue weighted by molar-refractivity contribution is 0.260. The fourth-order valence-electron chi connectivity index (χ4n) is 3.35. The van der Waals surface area contributed by atoms with Crippen LogP contribution in [0.4, 0.5) is 0 Å². The van der Waals surface area contributed by atoms with Crippen molar-refractivity contribution in [3.63, 3.8) is 0 Å². The Morgan fingerprint density at radius 1 is 1.19 bits per heavy atom. The first-order chi connectivity index (χ1) is 10.1. The molecule has 2 aromatic carbocycles. The lowest BCUT2D eigenvalue weighted by atomic mass is 9.99. The summed E-state index contributed by atoms with van der Waals surface area (Å²) in [7, 11) is 4.33. The molecule has 21 heavy (non-hydrogen) atoms. The second-order valence-corrected chi connectivity index (χ2v) is 6.34. The van der Waals surface area contributed by atoms with Crippen molar-refractivity contribution in [2.24, 2.45) is 5.73 Å². The summed E-state index contributed by atoms with van der Waals surface area (Å²) >= 11 is 0. The highest BCUT2D eigenvalue weighted by Crippen LogP contribution is 2.25. The predicted octanol–water partition coefficient (Wildman–Crippen LogP) is 2.48. The van der Waals surface area contributed by atoms with Crippen molar-refractivity contribution in [3.05, 3.63) is 48.0 Å². The van der Waals surface area contributed by atoms with E-state index in [2.05, 4.69) is 66.4 Å². The highest BCUT2D eigenvalue weighted by Gasteiger charge is 2.25. The van der Waals surface area contributed by atoms with Crippen LogP contribution in [0.5, 0.6) is 0 Å². The Labute approximate surface area is 127 Å². The van der Waals surface area contributed by atoms with Gasteiger partial charge >= 0.3 is 0 Å². The van der Waals surface area contributed by atoms with Gasteiger partial charge in [0.15, 0.2) is 0 Å². The number of likely N-dealkylation sites (tertiary alicyclic amines) is 1. The minimum Gasteiger partial charge on any atom is -0.323 e. The fraction of sp³-hybridized carbons (Fsp3) is 0.444. The summed E-state index contributed by atoms with van der Waals surface area (Å²) in [5.74, 6) is 0. The monoisotopic (exact) mass is 283 g/mol. The smallest absolute Gasteiger partial charge is 0.0430 e. The van der Waals surface area contributed by atoms with Gasteiger partial charge in [0.2, 0.25) is 0 Å². The second kappa shape index (κ2) is 6.14. The molecule has 3 nitrogen and oxygen atoms in total. The standard InChI is InChI=1S/C18H25N3/c1-20(2)15-10-11-21(12-15)13-18(19)17-9-5-7-14-6-3-4-8-16(14)17/h3-9,15,18H,10-13,19H2,1-2H3. The van der Waals surface area contributed by atoms with Crippen molar-refractivity contribution in [2.75, 3.05) is 33.7 Å². The van der Waals surface area contributed by atoms with Crippen molar-refractivity contribution in [1.82, 2.24) is 9.80 Å². The molecule has 2 aromatic rings. The summed E-state index contributed by atoms with van der Waals surface area (Å²) in [6.07, 6.45) is 1.25. The van der Waals surface area contributed by atoms with Gasteiger partial charge in [0, 0.05) is 25.2 Å². The van der Waals surface area contributed by atoms with Gasteiger partial charge in [-0.3, -0.25) is 4.90 Å². The fourth-order valence-corrected chi connectivity index (χ4v) is 3.35. The van der Waals surface area contributed by atoms with Crippen LogP contribution in [-0.4, -0.2) is 49.6 Å². The first kappa shape index (κ1) is 14.5. The predicted molar refractivity (Wildman–Crippen MR) is 89.4 cm³/mol. The van der Waals surface area contributed by atoms with Crippen LogP contribution in [0.1, 0.15) is 18.0 Å². The molecule has 1 fully saturated rings. The third-order valence-electron chi connectivity index (χ3n) is 4.66. The molecule has 0 saturated carbocycles. The lowest BCUT2D eigenvalue weighted by Crippen LogP contribution is -2.35. The van der Waals surface area contributed by atoms with Crippen LogP contribution in [0.2, 0.25) is 0 Å². The van der Waals surface area contributed by atoms with E-state index in [4.69, 9.17) is 5.73 Å². The van der Waals surface area contributed by atoms with Crippen molar-refractivity contribution in [1.29, 1.82) is 0 Å². The number of benzene rings is 2. The summed E-state index contributed by atoms with van der Waals surface area (Å²) in [5, 5.41) is 2.56. The molecule has 1 aliphatic rings. The van der Waals surface area contributed by atoms with Crippen LogP contribution in [0.25, 0.3) is 10.8 Å². The quantitative estimate of drug-likeness (QED) is 0.935. The first-order valence-electron chi connectivity index (χ1n) is 7.77. The molecule has 0 bridgehead atoms. The maximum Gasteiger partial charge on any atom is 0.0430 e. The van der Waals surface area contributed by atoms with Gasteiger partial charge in [-0.05, 0) is 43.4 Å². The summed E-state index contributed by atoms with van der Waals surface area (Å²) in [6.45, 7) is 3.23. The van der Waals surface area contributed by atoms with Crippen molar-refractivity contribution < 1.29 is 0 Å². The van der Waals surface area contributed by atoms with E-state index in [1.807, 2.05) is 0 Å². The Bertz CT molecular complexity index is 603. The highest BCUT2D eigenvalue weighted by molar-refractivity contribution is 5.86. The van der Waals surface area contributed by atoms with Crippen molar-refractivity contribution in [2.45, 2.75) is 18.5 Å². The van der Waals surface area contributed by atoms with E-state index in [0.29, 0.717) is 6.04 Å². The molecule has 1 saturated heterocycles. The van der Waals surface area contributed by atoms with Gasteiger partial charge in [-0.25, -0.2) is 0 Å². The molecule has 3 rings (SSSR count). The number of hydrogen-bond donors (Lipinski definition) is 1. The van der Waals surface area contributed by atoms with Crippen LogP contribution < -0.4 is 5.73 Å². The van der Waals surface area contributed by atoms with Gasteiger partial charge in [0.1, 0.15) is 0 Å². The van der Waals surface area contributed by atoms with Gasteiger partial charge in [-0.2, -0.15) is 0 Å². The van der Waals surface area contributed by atoms with Crippen LogP contribution in [-0.2, 0) is 0 Å². The van der Waals surface area contributed by atoms with Crippen molar-refractivity contribution in [3.8, 4) is 0 Å². The second-order valence-electron chi connectivity index (χ2n) is 6.34. The third-order valence-corrected chi connectivity index (χ3v) is 4.66. The normalized spacial score (nSPS) is 21.2. The van der Waals surface area contributed by atoms with Gasteiger partial charge in [-0.1, -0.05) is 42.5 Å². The molecule has 0 amide bonds. The summed E-state index contributed by atoms with van der Waals surface area (Å²) in [5.41, 5.74) is 7.77.